The fourth-order valence-electron chi connectivity index (χ4n) is 5.05. The first-order valence-electron chi connectivity index (χ1n) is 14.5. The first-order valence-corrected chi connectivity index (χ1v) is 15.5. The second kappa shape index (κ2) is 15.1. The normalized spacial score (nSPS) is 18.2. The molecule has 1 aliphatic rings. The summed E-state index contributed by atoms with van der Waals surface area (Å²) in [5.74, 6) is -0.389. The van der Waals surface area contributed by atoms with Gasteiger partial charge in [0.15, 0.2) is 11.4 Å². The van der Waals surface area contributed by atoms with E-state index in [1.54, 1.807) is 18.1 Å². The topological polar surface area (TPSA) is 136 Å². The van der Waals surface area contributed by atoms with E-state index >= 15 is 0 Å². The summed E-state index contributed by atoms with van der Waals surface area (Å²) in [5, 5.41) is 30.2. The van der Waals surface area contributed by atoms with E-state index in [4.69, 9.17) is 14.6 Å². The van der Waals surface area contributed by atoms with Gasteiger partial charge in [-0.15, -0.1) is 10.2 Å². The van der Waals surface area contributed by atoms with Crippen LogP contribution >= 0.6 is 11.8 Å². The number of aliphatic carboxylic acids is 1. The molecule has 3 aromatic carbocycles. The third kappa shape index (κ3) is 8.32. The lowest BCUT2D eigenvalue weighted by Crippen LogP contribution is -2.31. The van der Waals surface area contributed by atoms with Crippen LogP contribution in [0.15, 0.2) is 84.3 Å². The molecule has 1 amide bonds. The number of ether oxygens (including phenoxy) is 2. The van der Waals surface area contributed by atoms with Gasteiger partial charge in [0, 0.05) is 44.2 Å². The molecule has 0 aliphatic carbocycles. The highest BCUT2D eigenvalue weighted by Gasteiger charge is 2.32. The van der Waals surface area contributed by atoms with Gasteiger partial charge in [-0.05, 0) is 34.2 Å². The Morgan fingerprint density at radius 3 is 2.45 bits per heavy atom. The van der Waals surface area contributed by atoms with Crippen molar-refractivity contribution < 1.29 is 29.3 Å². The highest BCUT2D eigenvalue weighted by atomic mass is 32.2. The van der Waals surface area contributed by atoms with Gasteiger partial charge in [0.25, 0.3) is 0 Å². The van der Waals surface area contributed by atoms with Gasteiger partial charge in [-0.2, -0.15) is 0 Å². The van der Waals surface area contributed by atoms with Gasteiger partial charge in [0.1, 0.15) is 6.33 Å². The van der Waals surface area contributed by atoms with Gasteiger partial charge in [-0.25, -0.2) is 0 Å². The lowest BCUT2D eigenvalue weighted by Gasteiger charge is -2.36. The van der Waals surface area contributed by atoms with E-state index in [9.17, 15) is 14.7 Å². The monoisotopic (exact) mass is 616 g/mol. The maximum Gasteiger partial charge on any atom is 0.303 e. The van der Waals surface area contributed by atoms with Crippen molar-refractivity contribution in [3.8, 4) is 11.1 Å². The first kappa shape index (κ1) is 31.4. The molecule has 11 heteroatoms. The molecule has 0 radical (unpaired) electrons. The lowest BCUT2D eigenvalue weighted by atomic mass is 9.97. The van der Waals surface area contributed by atoms with E-state index in [2.05, 4.69) is 15.5 Å². The van der Waals surface area contributed by atoms with Crippen molar-refractivity contribution in [1.29, 1.82) is 0 Å². The van der Waals surface area contributed by atoms with Crippen LogP contribution in [0.3, 0.4) is 0 Å². The molecule has 1 saturated heterocycles. The largest absolute Gasteiger partial charge is 0.481 e. The summed E-state index contributed by atoms with van der Waals surface area (Å²) >= 11 is 1.59. The zero-order valence-corrected chi connectivity index (χ0v) is 25.3. The summed E-state index contributed by atoms with van der Waals surface area (Å²) in [6, 6.07) is 23.8. The summed E-state index contributed by atoms with van der Waals surface area (Å²) < 4.78 is 14.8. The molecule has 0 saturated carbocycles. The van der Waals surface area contributed by atoms with Crippen LogP contribution in [-0.2, 0) is 39.3 Å². The number of nitrogens with one attached hydrogen (secondary N) is 1. The third-order valence-electron chi connectivity index (χ3n) is 7.46. The van der Waals surface area contributed by atoms with Gasteiger partial charge >= 0.3 is 5.97 Å². The standard InChI is InChI=1S/C33H36N4O6S/c1-37-21-35-36-33(37)44-20-27-17-29(24-11-9-22(19-38)10-12-24)43-32(42-27)25-15-13-23(14-16-25)28-6-3-2-5-26(28)18-34-30(39)7-4-8-31(40)41/h2-3,5-6,9-16,21,27,29,32,38H,4,7-8,17-20H2,1H3,(H,34,39)(H,40,41). The number of carboxylic acid groups (broad SMARTS) is 1. The van der Waals surface area contributed by atoms with E-state index in [0.29, 0.717) is 25.1 Å². The van der Waals surface area contributed by atoms with Crippen molar-refractivity contribution in [1.82, 2.24) is 20.1 Å². The predicted octanol–water partition coefficient (Wildman–Crippen LogP) is 5.18. The maximum absolute atomic E-state index is 12.2. The minimum Gasteiger partial charge on any atom is -0.481 e. The first-order chi connectivity index (χ1) is 21.4. The SMILES string of the molecule is Cn1cnnc1SCC1CC(c2ccc(CO)cc2)OC(c2ccc(-c3ccccc3CNC(=O)CCCC(=O)O)cc2)O1. The summed E-state index contributed by atoms with van der Waals surface area (Å²) in [5.41, 5.74) is 5.72. The van der Waals surface area contributed by atoms with Crippen LogP contribution in [0.1, 0.15) is 60.3 Å². The molecular weight excluding hydrogens is 580 g/mol. The molecule has 3 atom stereocenters. The Balaban J connectivity index is 1.29. The molecule has 4 aromatic rings. The summed E-state index contributed by atoms with van der Waals surface area (Å²) in [7, 11) is 1.91. The van der Waals surface area contributed by atoms with Crippen molar-refractivity contribution in [2.75, 3.05) is 5.75 Å². The number of aliphatic hydroxyl groups is 1. The molecule has 44 heavy (non-hydrogen) atoms. The molecule has 2 heterocycles. The molecule has 230 valence electrons. The smallest absolute Gasteiger partial charge is 0.303 e. The molecule has 5 rings (SSSR count). The van der Waals surface area contributed by atoms with Crippen LogP contribution in [-0.4, -0.2) is 48.7 Å². The van der Waals surface area contributed by atoms with E-state index < -0.39 is 12.3 Å². The van der Waals surface area contributed by atoms with E-state index in [0.717, 1.165) is 38.5 Å². The Labute approximate surface area is 260 Å². The molecule has 1 aromatic heterocycles. The lowest BCUT2D eigenvalue weighted by molar-refractivity contribution is -0.245. The van der Waals surface area contributed by atoms with Gasteiger partial charge in [-0.3, -0.25) is 9.59 Å². The van der Waals surface area contributed by atoms with Crippen molar-refractivity contribution in [2.24, 2.45) is 7.05 Å². The van der Waals surface area contributed by atoms with Crippen molar-refractivity contribution >= 4 is 23.6 Å². The van der Waals surface area contributed by atoms with Crippen LogP contribution in [0.5, 0.6) is 0 Å². The van der Waals surface area contributed by atoms with E-state index in [1.165, 1.54) is 0 Å². The van der Waals surface area contributed by atoms with E-state index in [1.807, 2.05) is 84.4 Å². The molecule has 0 bridgehead atoms. The second-order valence-corrected chi connectivity index (χ2v) is 11.7. The Bertz CT molecular complexity index is 1540. The number of hydrogen-bond donors (Lipinski definition) is 3. The Morgan fingerprint density at radius 1 is 1.00 bits per heavy atom. The fraction of sp³-hybridized carbons (Fsp3) is 0.333. The average Bonchev–Trinajstić information content (AvgIpc) is 3.47. The Hall–Kier alpha value is -4.03. The Kier molecular flexibility index (Phi) is 10.8. The Morgan fingerprint density at radius 2 is 1.75 bits per heavy atom. The number of aliphatic hydroxyl groups excluding tert-OH is 1. The van der Waals surface area contributed by atoms with Crippen molar-refractivity contribution in [3.05, 3.63) is 101 Å². The number of hydrogen-bond acceptors (Lipinski definition) is 8. The summed E-state index contributed by atoms with van der Waals surface area (Å²) in [6.45, 7) is 0.337. The minimum absolute atomic E-state index is 0.0108. The number of aromatic nitrogens is 3. The number of carbonyl (C=O) groups is 2. The van der Waals surface area contributed by atoms with Crippen LogP contribution in [0.4, 0.5) is 0 Å². The number of amides is 1. The average molecular weight is 617 g/mol. The van der Waals surface area contributed by atoms with Crippen molar-refractivity contribution in [2.45, 2.75) is 62.5 Å². The van der Waals surface area contributed by atoms with Crippen molar-refractivity contribution in [3.63, 3.8) is 0 Å². The van der Waals surface area contributed by atoms with Crippen LogP contribution in [0, 0.1) is 0 Å². The number of aryl methyl sites for hydroxylation is 1. The molecule has 1 aliphatic heterocycles. The van der Waals surface area contributed by atoms with Gasteiger partial charge < -0.3 is 29.6 Å². The molecule has 3 N–H and O–H groups in total. The van der Waals surface area contributed by atoms with Gasteiger partial charge in [0.05, 0.1) is 18.8 Å². The van der Waals surface area contributed by atoms with E-state index in [-0.39, 0.29) is 37.6 Å². The number of nitrogens with zero attached hydrogens (tertiary/aromatic N) is 3. The second-order valence-electron chi connectivity index (χ2n) is 10.7. The number of thioether (sulfide) groups is 1. The zero-order valence-electron chi connectivity index (χ0n) is 24.5. The van der Waals surface area contributed by atoms with Crippen LogP contribution in [0.25, 0.3) is 11.1 Å². The molecule has 1 fully saturated rings. The highest BCUT2D eigenvalue weighted by Crippen LogP contribution is 2.39. The number of rotatable bonds is 13. The summed E-state index contributed by atoms with van der Waals surface area (Å²) in [6.07, 6.45) is 1.95. The predicted molar refractivity (Wildman–Crippen MR) is 165 cm³/mol. The quantitative estimate of drug-likeness (QED) is 0.174. The molecule has 0 spiro atoms. The van der Waals surface area contributed by atoms with Gasteiger partial charge in [-0.1, -0.05) is 84.6 Å². The number of benzene rings is 3. The number of carboxylic acids is 1. The summed E-state index contributed by atoms with van der Waals surface area (Å²) in [4.78, 5) is 23.0. The minimum atomic E-state index is -0.904. The molecular formula is C33H36N4O6S. The maximum atomic E-state index is 12.2. The number of carbonyl (C=O) groups excluding carboxylic acids is 1. The molecule has 10 nitrogen and oxygen atoms in total. The van der Waals surface area contributed by atoms with Crippen LogP contribution in [0.2, 0.25) is 0 Å². The van der Waals surface area contributed by atoms with Gasteiger partial charge in [0.2, 0.25) is 5.91 Å². The molecule has 3 unspecified atom stereocenters. The fourth-order valence-corrected chi connectivity index (χ4v) is 5.96. The third-order valence-corrected chi connectivity index (χ3v) is 8.63. The highest BCUT2D eigenvalue weighted by molar-refractivity contribution is 7.99. The van der Waals surface area contributed by atoms with Crippen LogP contribution < -0.4 is 5.32 Å². The zero-order chi connectivity index (χ0) is 30.9.